The first-order chi connectivity index (χ1) is 10.7. The molecule has 0 spiro atoms. The number of hydrogen-bond acceptors (Lipinski definition) is 3. The van der Waals surface area contributed by atoms with E-state index in [-0.39, 0.29) is 17.7 Å². The topological polar surface area (TPSA) is 67.2 Å². The van der Waals surface area contributed by atoms with Crippen LogP contribution in [0.1, 0.15) is 45.4 Å². The van der Waals surface area contributed by atoms with Crippen LogP contribution in [-0.2, 0) is 16.1 Å². The molecule has 22 heavy (non-hydrogen) atoms. The van der Waals surface area contributed by atoms with Gasteiger partial charge in [-0.2, -0.15) is 5.10 Å². The third-order valence-corrected chi connectivity index (χ3v) is 4.70. The largest absolute Gasteiger partial charge is 0.353 e. The summed E-state index contributed by atoms with van der Waals surface area (Å²) >= 11 is 0. The summed E-state index contributed by atoms with van der Waals surface area (Å²) in [4.78, 5) is 26.3. The van der Waals surface area contributed by atoms with Gasteiger partial charge in [-0.15, -0.1) is 0 Å². The number of rotatable bonds is 4. The average Bonchev–Trinajstić information content (AvgIpc) is 3.14. The summed E-state index contributed by atoms with van der Waals surface area (Å²) in [5, 5.41) is 7.33. The highest BCUT2D eigenvalue weighted by molar-refractivity contribution is 6.00. The number of aromatic nitrogens is 2. The Balaban J connectivity index is 1.59. The Morgan fingerprint density at radius 1 is 1.36 bits per heavy atom. The number of hydrogen-bond donors (Lipinski definition) is 1. The van der Waals surface area contributed by atoms with Gasteiger partial charge in [0.1, 0.15) is 0 Å². The second-order valence-electron chi connectivity index (χ2n) is 6.30. The Morgan fingerprint density at radius 3 is 2.82 bits per heavy atom. The molecule has 0 bridgehead atoms. The zero-order valence-electron chi connectivity index (χ0n) is 13.1. The number of aryl methyl sites for hydroxylation is 1. The van der Waals surface area contributed by atoms with Gasteiger partial charge in [-0.05, 0) is 19.8 Å². The van der Waals surface area contributed by atoms with Crippen LogP contribution in [0.4, 0.5) is 5.69 Å². The van der Waals surface area contributed by atoms with E-state index in [1.165, 1.54) is 19.3 Å². The molecule has 6 nitrogen and oxygen atoms in total. The van der Waals surface area contributed by atoms with Crippen LogP contribution in [0.5, 0.6) is 0 Å². The van der Waals surface area contributed by atoms with Gasteiger partial charge in [0.25, 0.3) is 0 Å². The molecule has 3 rings (SSSR count). The van der Waals surface area contributed by atoms with Crippen LogP contribution in [0.3, 0.4) is 0 Å². The Labute approximate surface area is 130 Å². The SMILES string of the molecule is CCn1cc(N2C[C@@H](C(=O)NC3CCCCC3)CC2=O)cn1. The maximum Gasteiger partial charge on any atom is 0.227 e. The van der Waals surface area contributed by atoms with Crippen molar-refractivity contribution in [3.05, 3.63) is 12.4 Å². The number of carbonyl (C=O) groups is 2. The quantitative estimate of drug-likeness (QED) is 0.920. The number of nitrogens with zero attached hydrogens (tertiary/aromatic N) is 3. The van der Waals surface area contributed by atoms with Crippen molar-refractivity contribution in [2.75, 3.05) is 11.4 Å². The minimum Gasteiger partial charge on any atom is -0.353 e. The predicted octanol–water partition coefficient (Wildman–Crippen LogP) is 1.70. The van der Waals surface area contributed by atoms with Gasteiger partial charge in [0.15, 0.2) is 0 Å². The van der Waals surface area contributed by atoms with E-state index in [0.717, 1.165) is 25.1 Å². The van der Waals surface area contributed by atoms with E-state index in [0.29, 0.717) is 19.0 Å². The highest BCUT2D eigenvalue weighted by Crippen LogP contribution is 2.25. The second-order valence-corrected chi connectivity index (χ2v) is 6.30. The minimum atomic E-state index is -0.237. The van der Waals surface area contributed by atoms with Crippen LogP contribution in [0.15, 0.2) is 12.4 Å². The van der Waals surface area contributed by atoms with E-state index in [2.05, 4.69) is 10.4 Å². The van der Waals surface area contributed by atoms with Crippen molar-refractivity contribution in [1.82, 2.24) is 15.1 Å². The van der Waals surface area contributed by atoms with E-state index in [4.69, 9.17) is 0 Å². The van der Waals surface area contributed by atoms with E-state index in [1.54, 1.807) is 15.8 Å². The molecule has 2 aliphatic rings. The molecule has 1 aliphatic carbocycles. The van der Waals surface area contributed by atoms with Crippen LogP contribution in [0, 0.1) is 5.92 Å². The molecule has 1 aliphatic heterocycles. The zero-order valence-corrected chi connectivity index (χ0v) is 13.1. The van der Waals surface area contributed by atoms with Gasteiger partial charge in [-0.3, -0.25) is 14.3 Å². The normalized spacial score (nSPS) is 23.0. The Bertz CT molecular complexity index is 548. The third-order valence-electron chi connectivity index (χ3n) is 4.70. The summed E-state index contributed by atoms with van der Waals surface area (Å²) in [5.74, 6) is -0.190. The maximum atomic E-state index is 12.4. The van der Waals surface area contributed by atoms with Crippen molar-refractivity contribution in [1.29, 1.82) is 0 Å². The minimum absolute atomic E-state index is 0.0134. The predicted molar refractivity (Wildman–Crippen MR) is 83.4 cm³/mol. The summed E-state index contributed by atoms with van der Waals surface area (Å²) in [6.07, 6.45) is 9.65. The molecule has 1 saturated heterocycles. The van der Waals surface area contributed by atoms with Crippen molar-refractivity contribution >= 4 is 17.5 Å². The first-order valence-corrected chi connectivity index (χ1v) is 8.30. The summed E-state index contributed by atoms with van der Waals surface area (Å²) in [6.45, 7) is 3.24. The van der Waals surface area contributed by atoms with Crippen LogP contribution in [-0.4, -0.2) is 34.2 Å². The molecule has 0 aromatic carbocycles. The standard InChI is InChI=1S/C16H24N4O2/c1-2-19-11-14(9-17-19)20-10-12(8-15(20)21)16(22)18-13-6-4-3-5-7-13/h9,11-13H,2-8,10H2,1H3,(H,18,22)/t12-/m0/s1. The molecule has 1 atom stereocenters. The number of carbonyl (C=O) groups excluding carboxylic acids is 2. The van der Waals surface area contributed by atoms with E-state index in [1.807, 2.05) is 13.1 Å². The average molecular weight is 304 g/mol. The molecule has 1 saturated carbocycles. The van der Waals surface area contributed by atoms with Crippen molar-refractivity contribution in [3.63, 3.8) is 0 Å². The first-order valence-electron chi connectivity index (χ1n) is 8.30. The van der Waals surface area contributed by atoms with Crippen molar-refractivity contribution in [3.8, 4) is 0 Å². The fourth-order valence-electron chi connectivity index (χ4n) is 3.36. The van der Waals surface area contributed by atoms with Gasteiger partial charge in [-0.25, -0.2) is 0 Å². The van der Waals surface area contributed by atoms with Crippen LogP contribution >= 0.6 is 0 Å². The van der Waals surface area contributed by atoms with Gasteiger partial charge in [0.05, 0.1) is 17.8 Å². The van der Waals surface area contributed by atoms with Crippen LogP contribution in [0.2, 0.25) is 0 Å². The lowest BCUT2D eigenvalue weighted by Crippen LogP contribution is -2.40. The summed E-state index contributed by atoms with van der Waals surface area (Å²) in [7, 11) is 0. The van der Waals surface area contributed by atoms with E-state index >= 15 is 0 Å². The lowest BCUT2D eigenvalue weighted by atomic mass is 9.95. The smallest absolute Gasteiger partial charge is 0.227 e. The monoisotopic (exact) mass is 304 g/mol. The highest BCUT2D eigenvalue weighted by Gasteiger charge is 2.36. The molecule has 1 N–H and O–H groups in total. The molecule has 2 fully saturated rings. The Kier molecular flexibility index (Phi) is 4.45. The first kappa shape index (κ1) is 15.1. The fourth-order valence-corrected chi connectivity index (χ4v) is 3.36. The third kappa shape index (κ3) is 3.15. The van der Waals surface area contributed by atoms with Crippen LogP contribution in [0.25, 0.3) is 0 Å². The van der Waals surface area contributed by atoms with Crippen molar-refractivity contribution < 1.29 is 9.59 Å². The van der Waals surface area contributed by atoms with Gasteiger partial charge in [0, 0.05) is 31.7 Å². The highest BCUT2D eigenvalue weighted by atomic mass is 16.2. The van der Waals surface area contributed by atoms with Crippen molar-refractivity contribution in [2.45, 2.75) is 58.0 Å². The van der Waals surface area contributed by atoms with Gasteiger partial charge in [0.2, 0.25) is 11.8 Å². The molecular formula is C16H24N4O2. The maximum absolute atomic E-state index is 12.4. The molecule has 1 aromatic rings. The van der Waals surface area contributed by atoms with Gasteiger partial charge >= 0.3 is 0 Å². The number of anilines is 1. The Morgan fingerprint density at radius 2 is 2.14 bits per heavy atom. The summed E-state index contributed by atoms with van der Waals surface area (Å²) < 4.78 is 1.79. The lowest BCUT2D eigenvalue weighted by molar-refractivity contribution is -0.127. The van der Waals surface area contributed by atoms with E-state index in [9.17, 15) is 9.59 Å². The molecule has 0 radical (unpaired) electrons. The van der Waals surface area contributed by atoms with Crippen LogP contribution < -0.4 is 10.2 Å². The van der Waals surface area contributed by atoms with E-state index < -0.39 is 0 Å². The zero-order chi connectivity index (χ0) is 15.5. The molecule has 2 heterocycles. The Hall–Kier alpha value is -1.85. The molecule has 2 amide bonds. The summed E-state index contributed by atoms with van der Waals surface area (Å²) in [6, 6.07) is 0.299. The molecule has 120 valence electrons. The molecular weight excluding hydrogens is 280 g/mol. The van der Waals surface area contributed by atoms with Gasteiger partial charge < -0.3 is 10.2 Å². The van der Waals surface area contributed by atoms with Gasteiger partial charge in [-0.1, -0.05) is 19.3 Å². The second kappa shape index (κ2) is 6.50. The molecule has 0 unspecified atom stereocenters. The summed E-state index contributed by atoms with van der Waals surface area (Å²) in [5.41, 5.74) is 0.791. The number of amides is 2. The van der Waals surface area contributed by atoms with Crippen molar-refractivity contribution in [2.24, 2.45) is 5.92 Å². The molecule has 1 aromatic heterocycles. The number of nitrogens with one attached hydrogen (secondary N) is 1. The molecule has 6 heteroatoms. The lowest BCUT2D eigenvalue weighted by Gasteiger charge is -2.24. The fraction of sp³-hybridized carbons (Fsp3) is 0.688.